The molecule has 0 fully saturated rings. The van der Waals surface area contributed by atoms with Crippen molar-refractivity contribution in [1.29, 1.82) is 0 Å². The summed E-state index contributed by atoms with van der Waals surface area (Å²) in [6.07, 6.45) is 8.82. The fourth-order valence-electron chi connectivity index (χ4n) is 3.56. The molecule has 190 valence electrons. The van der Waals surface area contributed by atoms with Crippen LogP contribution in [-0.2, 0) is 0 Å². The van der Waals surface area contributed by atoms with Crippen LogP contribution in [0, 0.1) is 0 Å². The van der Waals surface area contributed by atoms with Crippen LogP contribution in [0.5, 0.6) is 23.0 Å². The average molecular weight is 490 g/mol. The van der Waals surface area contributed by atoms with Crippen molar-refractivity contribution in [2.24, 2.45) is 4.99 Å². The lowest BCUT2D eigenvalue weighted by atomic mass is 10.1. The first-order valence-corrected chi connectivity index (χ1v) is 12.6. The average Bonchev–Trinajstić information content (AvgIpc) is 2.89. The van der Waals surface area contributed by atoms with Crippen molar-refractivity contribution in [2.75, 3.05) is 13.2 Å². The molecular formula is C30H35NO5. The second-order valence-electron chi connectivity index (χ2n) is 8.44. The Hall–Kier alpha value is -3.80. The number of hydrogen-bond acceptors (Lipinski definition) is 6. The van der Waals surface area contributed by atoms with E-state index in [1.54, 1.807) is 42.6 Å². The standard InChI is InChI=1S/C30H35NO5/c1-3-5-6-7-8-9-20-35-27-15-10-23(11-16-27)30(33)36-28-17-12-24(29(32)21-28)22-31-25-13-18-26(19-14-25)34-4-2/h10-19,21-22,32H,3-9,20H2,1-2H3. The van der Waals surface area contributed by atoms with E-state index in [-0.39, 0.29) is 11.5 Å². The van der Waals surface area contributed by atoms with E-state index in [0.717, 1.165) is 23.6 Å². The molecule has 3 aromatic carbocycles. The highest BCUT2D eigenvalue weighted by Crippen LogP contribution is 2.25. The summed E-state index contributed by atoms with van der Waals surface area (Å²) >= 11 is 0. The Morgan fingerprint density at radius 1 is 0.806 bits per heavy atom. The Kier molecular flexibility index (Phi) is 10.8. The molecule has 0 aliphatic carbocycles. The highest BCUT2D eigenvalue weighted by atomic mass is 16.5. The summed E-state index contributed by atoms with van der Waals surface area (Å²) in [5, 5.41) is 10.3. The van der Waals surface area contributed by atoms with Crippen LogP contribution in [0.1, 0.15) is 68.3 Å². The molecule has 0 unspecified atom stereocenters. The maximum absolute atomic E-state index is 12.5. The first kappa shape index (κ1) is 26.8. The zero-order valence-electron chi connectivity index (χ0n) is 21.1. The number of phenols is 1. The van der Waals surface area contributed by atoms with Crippen LogP contribution in [0.15, 0.2) is 71.7 Å². The highest BCUT2D eigenvalue weighted by molar-refractivity contribution is 5.91. The summed E-state index contributed by atoms with van der Waals surface area (Å²) in [5.74, 6) is 1.22. The molecule has 0 spiro atoms. The lowest BCUT2D eigenvalue weighted by molar-refractivity contribution is 0.0734. The van der Waals surface area contributed by atoms with Gasteiger partial charge in [-0.05, 0) is 74.0 Å². The van der Waals surface area contributed by atoms with Crippen molar-refractivity contribution < 1.29 is 24.1 Å². The van der Waals surface area contributed by atoms with Crippen LogP contribution in [0.3, 0.4) is 0 Å². The van der Waals surface area contributed by atoms with Gasteiger partial charge in [0, 0.05) is 17.8 Å². The van der Waals surface area contributed by atoms with Gasteiger partial charge in [-0.3, -0.25) is 4.99 Å². The smallest absolute Gasteiger partial charge is 0.343 e. The van der Waals surface area contributed by atoms with Gasteiger partial charge < -0.3 is 19.3 Å². The molecule has 0 atom stereocenters. The van der Waals surface area contributed by atoms with Gasteiger partial charge in [-0.25, -0.2) is 4.79 Å². The van der Waals surface area contributed by atoms with Crippen LogP contribution in [0.25, 0.3) is 0 Å². The van der Waals surface area contributed by atoms with E-state index in [0.29, 0.717) is 24.3 Å². The Morgan fingerprint density at radius 2 is 1.44 bits per heavy atom. The quantitative estimate of drug-likeness (QED) is 0.110. The van der Waals surface area contributed by atoms with Gasteiger partial charge in [0.15, 0.2) is 0 Å². The molecule has 0 saturated heterocycles. The Balaban J connectivity index is 1.49. The van der Waals surface area contributed by atoms with Crippen molar-refractivity contribution >= 4 is 17.9 Å². The lowest BCUT2D eigenvalue weighted by Gasteiger charge is -2.08. The molecule has 0 radical (unpaired) electrons. The van der Waals surface area contributed by atoms with Gasteiger partial charge in [0.25, 0.3) is 0 Å². The molecule has 0 heterocycles. The van der Waals surface area contributed by atoms with E-state index >= 15 is 0 Å². The van der Waals surface area contributed by atoms with Crippen molar-refractivity contribution in [3.05, 3.63) is 77.9 Å². The molecule has 0 saturated carbocycles. The van der Waals surface area contributed by atoms with Crippen molar-refractivity contribution in [3.63, 3.8) is 0 Å². The number of nitrogens with zero attached hydrogens (tertiary/aromatic N) is 1. The fourth-order valence-corrected chi connectivity index (χ4v) is 3.56. The van der Waals surface area contributed by atoms with Gasteiger partial charge in [-0.15, -0.1) is 0 Å². The largest absolute Gasteiger partial charge is 0.507 e. The summed E-state index contributed by atoms with van der Waals surface area (Å²) in [5.41, 5.74) is 1.64. The van der Waals surface area contributed by atoms with E-state index in [1.807, 2.05) is 31.2 Å². The fraction of sp³-hybridized carbons (Fsp3) is 0.333. The van der Waals surface area contributed by atoms with E-state index in [9.17, 15) is 9.90 Å². The topological polar surface area (TPSA) is 77.4 Å². The van der Waals surface area contributed by atoms with Crippen molar-refractivity contribution in [3.8, 4) is 23.0 Å². The van der Waals surface area contributed by atoms with Crippen molar-refractivity contribution in [2.45, 2.75) is 52.4 Å². The van der Waals surface area contributed by atoms with Gasteiger partial charge in [-0.1, -0.05) is 39.0 Å². The molecule has 0 aliphatic rings. The summed E-state index contributed by atoms with van der Waals surface area (Å²) in [6.45, 7) is 5.42. The number of aromatic hydroxyl groups is 1. The van der Waals surface area contributed by atoms with Gasteiger partial charge in [0.2, 0.25) is 0 Å². The third-order valence-corrected chi connectivity index (χ3v) is 5.57. The number of hydrogen-bond donors (Lipinski definition) is 1. The molecule has 6 heteroatoms. The first-order valence-electron chi connectivity index (χ1n) is 12.6. The lowest BCUT2D eigenvalue weighted by Crippen LogP contribution is -2.08. The Labute approximate surface area is 213 Å². The van der Waals surface area contributed by atoms with Crippen molar-refractivity contribution in [1.82, 2.24) is 0 Å². The maximum Gasteiger partial charge on any atom is 0.343 e. The number of unbranched alkanes of at least 4 members (excludes halogenated alkanes) is 5. The summed E-state index contributed by atoms with van der Waals surface area (Å²) in [6, 6.07) is 18.9. The predicted octanol–water partition coefficient (Wildman–Crippen LogP) is 7.50. The van der Waals surface area contributed by atoms with Crippen LogP contribution in [0.4, 0.5) is 5.69 Å². The Bertz CT molecular complexity index is 1110. The van der Waals surface area contributed by atoms with Gasteiger partial charge >= 0.3 is 5.97 Å². The van der Waals surface area contributed by atoms with Gasteiger partial charge in [-0.2, -0.15) is 0 Å². The molecule has 0 aromatic heterocycles. The first-order chi connectivity index (χ1) is 17.6. The van der Waals surface area contributed by atoms with E-state index < -0.39 is 5.97 Å². The second kappa shape index (κ2) is 14.6. The number of benzene rings is 3. The zero-order chi connectivity index (χ0) is 25.6. The second-order valence-corrected chi connectivity index (χ2v) is 8.44. The third kappa shape index (κ3) is 8.77. The van der Waals surface area contributed by atoms with E-state index in [1.165, 1.54) is 38.2 Å². The number of aliphatic imine (C=N–C) groups is 1. The molecule has 36 heavy (non-hydrogen) atoms. The van der Waals surface area contributed by atoms with Crippen LogP contribution >= 0.6 is 0 Å². The molecule has 3 rings (SSSR count). The number of esters is 1. The van der Waals surface area contributed by atoms with Crippen LogP contribution in [-0.4, -0.2) is 30.5 Å². The zero-order valence-corrected chi connectivity index (χ0v) is 21.1. The van der Waals surface area contributed by atoms with Gasteiger partial charge in [0.05, 0.1) is 24.5 Å². The van der Waals surface area contributed by atoms with Crippen LogP contribution in [0.2, 0.25) is 0 Å². The number of ether oxygens (including phenoxy) is 3. The van der Waals surface area contributed by atoms with E-state index in [2.05, 4.69) is 11.9 Å². The number of carbonyl (C=O) groups excluding carboxylic acids is 1. The minimum Gasteiger partial charge on any atom is -0.507 e. The highest BCUT2D eigenvalue weighted by Gasteiger charge is 2.10. The normalized spacial score (nSPS) is 10.9. The maximum atomic E-state index is 12.5. The third-order valence-electron chi connectivity index (χ3n) is 5.57. The monoisotopic (exact) mass is 489 g/mol. The summed E-state index contributed by atoms with van der Waals surface area (Å²) < 4.78 is 16.6. The SMILES string of the molecule is CCCCCCCCOc1ccc(C(=O)Oc2ccc(C=Nc3ccc(OCC)cc3)c(O)c2)cc1. The molecule has 6 nitrogen and oxygen atoms in total. The summed E-state index contributed by atoms with van der Waals surface area (Å²) in [4.78, 5) is 16.9. The molecular weight excluding hydrogens is 454 g/mol. The predicted molar refractivity (Wildman–Crippen MR) is 143 cm³/mol. The molecule has 0 aliphatic heterocycles. The van der Waals surface area contributed by atoms with E-state index in [4.69, 9.17) is 14.2 Å². The number of phenolic OH excluding ortho intramolecular Hbond substituents is 1. The Morgan fingerprint density at radius 3 is 2.14 bits per heavy atom. The summed E-state index contributed by atoms with van der Waals surface area (Å²) in [7, 11) is 0. The minimum atomic E-state index is -0.507. The molecule has 0 amide bonds. The minimum absolute atomic E-state index is 0.0339. The van der Waals surface area contributed by atoms with Crippen LogP contribution < -0.4 is 14.2 Å². The molecule has 3 aromatic rings. The van der Waals surface area contributed by atoms with Gasteiger partial charge in [0.1, 0.15) is 23.0 Å². The molecule has 0 bridgehead atoms. The molecule has 1 N–H and O–H groups in total. The number of rotatable bonds is 14. The number of carbonyl (C=O) groups is 1.